The number of rotatable bonds is 1. The predicted molar refractivity (Wildman–Crippen MR) is 62.8 cm³/mol. The third kappa shape index (κ3) is 1.13. The molecule has 0 bridgehead atoms. The van der Waals surface area contributed by atoms with Crippen LogP contribution in [0.1, 0.15) is 0 Å². The fraction of sp³-hybridized carbons (Fsp3) is 0.0833. The molecule has 0 atom stereocenters. The van der Waals surface area contributed by atoms with Crippen LogP contribution in [-0.4, -0.2) is 9.72 Å². The Labute approximate surface area is 92.3 Å². The zero-order valence-electron chi connectivity index (χ0n) is 8.84. The van der Waals surface area contributed by atoms with Crippen molar-refractivity contribution in [2.24, 2.45) is 7.05 Å². The second-order valence-corrected chi connectivity index (χ2v) is 3.78. The highest BCUT2D eigenvalue weighted by Crippen LogP contribution is 2.32. The molecular formula is C12H11N3O. The van der Waals surface area contributed by atoms with Crippen LogP contribution >= 0.6 is 0 Å². The summed E-state index contributed by atoms with van der Waals surface area (Å²) in [6.07, 6.45) is 3.54. The number of aromatic nitrogens is 2. The maximum Gasteiger partial charge on any atom is 0.191 e. The molecule has 0 spiro atoms. The van der Waals surface area contributed by atoms with Crippen LogP contribution in [0.2, 0.25) is 0 Å². The molecule has 2 aromatic heterocycles. The minimum absolute atomic E-state index is 0.564. The van der Waals surface area contributed by atoms with E-state index in [1.807, 2.05) is 29.9 Å². The van der Waals surface area contributed by atoms with Gasteiger partial charge in [0.05, 0.1) is 11.7 Å². The van der Waals surface area contributed by atoms with Gasteiger partial charge in [-0.25, -0.2) is 0 Å². The summed E-state index contributed by atoms with van der Waals surface area (Å²) in [6, 6.07) is 8.09. The van der Waals surface area contributed by atoms with E-state index in [-0.39, 0.29) is 0 Å². The number of aryl methyl sites for hydroxylation is 1. The monoisotopic (exact) mass is 213 g/mol. The number of anilines is 1. The van der Waals surface area contributed by atoms with Gasteiger partial charge in [0.2, 0.25) is 0 Å². The fourth-order valence-electron chi connectivity index (χ4n) is 1.99. The molecular weight excluding hydrogens is 202 g/mol. The molecule has 16 heavy (non-hydrogen) atoms. The molecule has 0 aliphatic carbocycles. The lowest BCUT2D eigenvalue weighted by Crippen LogP contribution is -1.90. The number of fused-ring (bicyclic) bond motifs is 1. The highest BCUT2D eigenvalue weighted by molar-refractivity contribution is 5.95. The lowest BCUT2D eigenvalue weighted by atomic mass is 10.1. The van der Waals surface area contributed by atoms with Crippen LogP contribution in [-0.2, 0) is 7.05 Å². The molecule has 80 valence electrons. The first kappa shape index (κ1) is 9.03. The highest BCUT2D eigenvalue weighted by atomic mass is 16.5. The summed E-state index contributed by atoms with van der Waals surface area (Å²) >= 11 is 0. The van der Waals surface area contributed by atoms with Crippen LogP contribution in [0, 0.1) is 0 Å². The summed E-state index contributed by atoms with van der Waals surface area (Å²) in [4.78, 5) is 0. The van der Waals surface area contributed by atoms with E-state index < -0.39 is 0 Å². The van der Waals surface area contributed by atoms with Gasteiger partial charge in [-0.05, 0) is 12.1 Å². The van der Waals surface area contributed by atoms with Crippen molar-refractivity contribution in [3.63, 3.8) is 0 Å². The van der Waals surface area contributed by atoms with Gasteiger partial charge >= 0.3 is 0 Å². The molecule has 3 rings (SSSR count). The van der Waals surface area contributed by atoms with Gasteiger partial charge in [0.25, 0.3) is 0 Å². The Hall–Kier alpha value is -2.23. The molecule has 0 unspecified atom stereocenters. The Morgan fingerprint density at radius 3 is 2.94 bits per heavy atom. The molecule has 0 saturated heterocycles. The smallest absolute Gasteiger partial charge is 0.191 e. The Morgan fingerprint density at radius 1 is 1.31 bits per heavy atom. The van der Waals surface area contributed by atoms with E-state index in [1.165, 1.54) is 6.20 Å². The van der Waals surface area contributed by atoms with Crippen LogP contribution in [0.4, 0.5) is 5.69 Å². The molecule has 3 aromatic rings. The maximum absolute atomic E-state index is 5.82. The average Bonchev–Trinajstić information content (AvgIpc) is 2.86. The Bertz CT molecular complexity index is 651. The zero-order chi connectivity index (χ0) is 11.1. The normalized spacial score (nSPS) is 11.1. The second kappa shape index (κ2) is 3.13. The minimum Gasteiger partial charge on any atom is -0.394 e. The first-order chi connectivity index (χ1) is 7.77. The van der Waals surface area contributed by atoms with Gasteiger partial charge in [0.1, 0.15) is 5.69 Å². The molecule has 4 nitrogen and oxygen atoms in total. The van der Waals surface area contributed by atoms with Gasteiger partial charge in [-0.15, -0.1) is 0 Å². The van der Waals surface area contributed by atoms with Crippen molar-refractivity contribution in [3.8, 4) is 11.3 Å². The zero-order valence-corrected chi connectivity index (χ0v) is 8.84. The van der Waals surface area contributed by atoms with Crippen molar-refractivity contribution >= 4 is 16.6 Å². The van der Waals surface area contributed by atoms with Crippen molar-refractivity contribution in [3.05, 3.63) is 36.7 Å². The highest BCUT2D eigenvalue weighted by Gasteiger charge is 2.13. The first-order valence-corrected chi connectivity index (χ1v) is 5.02. The summed E-state index contributed by atoms with van der Waals surface area (Å²) in [5.41, 5.74) is 8.46. The first-order valence-electron chi connectivity index (χ1n) is 5.02. The number of benzene rings is 1. The van der Waals surface area contributed by atoms with Crippen molar-refractivity contribution in [2.75, 3.05) is 5.73 Å². The van der Waals surface area contributed by atoms with Gasteiger partial charge in [0.15, 0.2) is 5.76 Å². The molecule has 0 radical (unpaired) electrons. The standard InChI is InChI=1S/C12H11N3O/c1-15-6-5-8-3-2-4-9(11(8)15)12-10(13)7-14-16-12/h2-7H,13H2,1H3. The number of hydrogen-bond acceptors (Lipinski definition) is 3. The quantitative estimate of drug-likeness (QED) is 0.675. The van der Waals surface area contributed by atoms with Crippen LogP contribution in [0.3, 0.4) is 0 Å². The van der Waals surface area contributed by atoms with Gasteiger partial charge in [-0.3, -0.25) is 0 Å². The van der Waals surface area contributed by atoms with Crippen molar-refractivity contribution < 1.29 is 4.52 Å². The largest absolute Gasteiger partial charge is 0.394 e. The van der Waals surface area contributed by atoms with Gasteiger partial charge in [0, 0.05) is 24.2 Å². The number of para-hydroxylation sites is 1. The van der Waals surface area contributed by atoms with Crippen LogP contribution < -0.4 is 5.73 Å². The van der Waals surface area contributed by atoms with Crippen LogP contribution in [0.15, 0.2) is 41.2 Å². The van der Waals surface area contributed by atoms with Crippen LogP contribution in [0.5, 0.6) is 0 Å². The SMILES string of the molecule is Cn1ccc2cccc(-c3oncc3N)c21. The lowest BCUT2D eigenvalue weighted by molar-refractivity contribution is 0.433. The molecule has 0 saturated carbocycles. The maximum atomic E-state index is 5.82. The summed E-state index contributed by atoms with van der Waals surface area (Å²) in [5, 5.41) is 4.87. The number of hydrogen-bond donors (Lipinski definition) is 1. The average molecular weight is 213 g/mol. The Morgan fingerprint density at radius 2 is 2.19 bits per heavy atom. The summed E-state index contributed by atoms with van der Waals surface area (Å²) in [5.74, 6) is 0.632. The molecule has 0 aliphatic rings. The van der Waals surface area contributed by atoms with E-state index in [0.717, 1.165) is 16.5 Å². The third-order valence-electron chi connectivity index (χ3n) is 2.74. The van der Waals surface area contributed by atoms with Crippen molar-refractivity contribution in [1.29, 1.82) is 0 Å². The van der Waals surface area contributed by atoms with Crippen molar-refractivity contribution in [1.82, 2.24) is 9.72 Å². The van der Waals surface area contributed by atoms with Crippen molar-refractivity contribution in [2.45, 2.75) is 0 Å². The summed E-state index contributed by atoms with van der Waals surface area (Å²) in [7, 11) is 2.00. The van der Waals surface area contributed by atoms with E-state index >= 15 is 0 Å². The van der Waals surface area contributed by atoms with E-state index in [4.69, 9.17) is 10.3 Å². The molecule has 0 aliphatic heterocycles. The summed E-state index contributed by atoms with van der Waals surface area (Å²) in [6.45, 7) is 0. The molecule has 2 N–H and O–H groups in total. The predicted octanol–water partition coefficient (Wildman–Crippen LogP) is 2.42. The Balaban J connectivity index is 2.39. The molecule has 0 fully saturated rings. The Kier molecular flexibility index (Phi) is 1.77. The third-order valence-corrected chi connectivity index (χ3v) is 2.74. The van der Waals surface area contributed by atoms with Gasteiger partial charge in [-0.1, -0.05) is 17.3 Å². The second-order valence-electron chi connectivity index (χ2n) is 3.78. The van der Waals surface area contributed by atoms with Crippen LogP contribution in [0.25, 0.3) is 22.2 Å². The van der Waals surface area contributed by atoms with E-state index in [2.05, 4.69) is 17.3 Å². The number of nitrogen functional groups attached to an aromatic ring is 1. The van der Waals surface area contributed by atoms with E-state index in [9.17, 15) is 0 Å². The number of nitrogens with zero attached hydrogens (tertiary/aromatic N) is 2. The van der Waals surface area contributed by atoms with E-state index in [1.54, 1.807) is 0 Å². The summed E-state index contributed by atoms with van der Waals surface area (Å²) < 4.78 is 7.24. The molecule has 0 amide bonds. The molecule has 1 aromatic carbocycles. The minimum atomic E-state index is 0.564. The van der Waals surface area contributed by atoms with E-state index in [0.29, 0.717) is 11.4 Å². The topological polar surface area (TPSA) is 57.0 Å². The lowest BCUT2D eigenvalue weighted by Gasteiger charge is -2.03. The molecule has 2 heterocycles. The molecule has 4 heteroatoms. The van der Waals surface area contributed by atoms with Gasteiger partial charge in [-0.2, -0.15) is 0 Å². The fourth-order valence-corrected chi connectivity index (χ4v) is 1.99. The van der Waals surface area contributed by atoms with Gasteiger partial charge < -0.3 is 14.8 Å². The number of nitrogens with two attached hydrogens (primary N) is 1.